The van der Waals surface area contributed by atoms with Crippen molar-refractivity contribution in [2.45, 2.75) is 53.9 Å². The lowest BCUT2D eigenvalue weighted by Gasteiger charge is -2.12. The van der Waals surface area contributed by atoms with Crippen molar-refractivity contribution >= 4 is 17.2 Å². The zero-order chi connectivity index (χ0) is 17.0. The van der Waals surface area contributed by atoms with E-state index in [0.717, 1.165) is 21.8 Å². The molecule has 1 aromatic carbocycles. The first kappa shape index (κ1) is 17.7. The fourth-order valence-corrected chi connectivity index (χ4v) is 3.01. The fourth-order valence-electron chi connectivity index (χ4n) is 2.18. The Morgan fingerprint density at radius 3 is 2.43 bits per heavy atom. The summed E-state index contributed by atoms with van der Waals surface area (Å²) in [4.78, 5) is 18.4. The maximum atomic E-state index is 12.2. The number of nitrogens with zero attached hydrogens (tertiary/aromatic N) is 2. The first-order chi connectivity index (χ1) is 10.8. The number of carbonyl (C=O) groups excluding carboxylic acids is 1. The average Bonchev–Trinajstić information content (AvgIpc) is 2.85. The van der Waals surface area contributed by atoms with Crippen LogP contribution in [0.2, 0.25) is 0 Å². The minimum absolute atomic E-state index is 0.0901. The van der Waals surface area contributed by atoms with E-state index in [9.17, 15) is 4.79 Å². The average molecular weight is 330 g/mol. The van der Waals surface area contributed by atoms with Crippen LogP contribution in [0.5, 0.6) is 0 Å². The standard InChI is InChI=1S/C19H26N2OS/c1-6-7-8-15-9-11-16(12-10-15)21-13-14(2)23-18(21)20-17(22)19(3,4)5/h9-13H,6-8H2,1-5H3/b20-18-. The fraction of sp³-hybridized carbons (Fsp3) is 0.474. The lowest BCUT2D eigenvalue weighted by molar-refractivity contribution is -0.125. The molecule has 0 N–H and O–H groups in total. The molecule has 0 saturated heterocycles. The summed E-state index contributed by atoms with van der Waals surface area (Å²) in [5, 5.41) is 0. The third-order valence-corrected chi connectivity index (χ3v) is 4.54. The second-order valence-corrected chi connectivity index (χ2v) is 8.14. The number of hydrogen-bond donors (Lipinski definition) is 0. The molecule has 2 aromatic rings. The quantitative estimate of drug-likeness (QED) is 0.802. The van der Waals surface area contributed by atoms with Crippen LogP contribution in [-0.2, 0) is 11.2 Å². The third-order valence-electron chi connectivity index (χ3n) is 3.64. The van der Waals surface area contributed by atoms with Gasteiger partial charge in [0.05, 0.1) is 0 Å². The van der Waals surface area contributed by atoms with E-state index in [1.54, 1.807) is 11.3 Å². The van der Waals surface area contributed by atoms with Crippen LogP contribution in [0.25, 0.3) is 5.69 Å². The molecule has 0 fully saturated rings. The number of carbonyl (C=O) groups is 1. The second-order valence-electron chi connectivity index (χ2n) is 6.93. The van der Waals surface area contributed by atoms with Crippen LogP contribution in [0, 0.1) is 12.3 Å². The number of thiazole rings is 1. The van der Waals surface area contributed by atoms with Gasteiger partial charge in [-0.25, -0.2) is 0 Å². The summed E-state index contributed by atoms with van der Waals surface area (Å²) in [5.74, 6) is -0.0901. The summed E-state index contributed by atoms with van der Waals surface area (Å²) < 4.78 is 2.01. The van der Waals surface area contributed by atoms with Crippen molar-refractivity contribution in [3.8, 4) is 5.69 Å². The number of benzene rings is 1. The van der Waals surface area contributed by atoms with Crippen LogP contribution in [0.1, 0.15) is 51.0 Å². The van der Waals surface area contributed by atoms with Gasteiger partial charge in [0.25, 0.3) is 5.91 Å². The van der Waals surface area contributed by atoms with Gasteiger partial charge in [0.1, 0.15) is 0 Å². The van der Waals surface area contributed by atoms with E-state index in [0.29, 0.717) is 0 Å². The maximum Gasteiger partial charge on any atom is 0.253 e. The Hall–Kier alpha value is -1.68. The molecule has 124 valence electrons. The highest BCUT2D eigenvalue weighted by molar-refractivity contribution is 7.09. The first-order valence-electron chi connectivity index (χ1n) is 8.19. The van der Waals surface area contributed by atoms with Gasteiger partial charge in [-0.05, 0) is 37.5 Å². The predicted octanol–water partition coefficient (Wildman–Crippen LogP) is 4.66. The zero-order valence-corrected chi connectivity index (χ0v) is 15.5. The van der Waals surface area contributed by atoms with Gasteiger partial charge in [0, 0.05) is 22.2 Å². The molecule has 23 heavy (non-hydrogen) atoms. The largest absolute Gasteiger partial charge is 0.292 e. The molecule has 0 atom stereocenters. The highest BCUT2D eigenvalue weighted by Crippen LogP contribution is 2.16. The van der Waals surface area contributed by atoms with Crippen molar-refractivity contribution in [3.05, 3.63) is 45.7 Å². The molecule has 0 aliphatic carbocycles. The van der Waals surface area contributed by atoms with Crippen molar-refractivity contribution in [1.29, 1.82) is 0 Å². The van der Waals surface area contributed by atoms with E-state index < -0.39 is 5.41 Å². The Kier molecular flexibility index (Phi) is 5.58. The molecule has 0 saturated carbocycles. The Labute approximate surface area is 142 Å². The summed E-state index contributed by atoms with van der Waals surface area (Å²) in [6, 6.07) is 8.55. The van der Waals surface area contributed by atoms with Gasteiger partial charge < -0.3 is 0 Å². The van der Waals surface area contributed by atoms with Crippen LogP contribution in [0.15, 0.2) is 35.5 Å². The molecule has 0 radical (unpaired) electrons. The van der Waals surface area contributed by atoms with Crippen molar-refractivity contribution in [1.82, 2.24) is 4.57 Å². The summed E-state index contributed by atoms with van der Waals surface area (Å²) >= 11 is 1.55. The Bertz CT molecular complexity index is 730. The van der Waals surface area contributed by atoms with Crippen LogP contribution in [-0.4, -0.2) is 10.5 Å². The second kappa shape index (κ2) is 7.26. The monoisotopic (exact) mass is 330 g/mol. The van der Waals surface area contributed by atoms with Crippen molar-refractivity contribution in [2.24, 2.45) is 10.4 Å². The number of hydrogen-bond acceptors (Lipinski definition) is 2. The lowest BCUT2D eigenvalue weighted by Crippen LogP contribution is -2.22. The van der Waals surface area contributed by atoms with Crippen molar-refractivity contribution in [2.75, 3.05) is 0 Å². The van der Waals surface area contributed by atoms with Gasteiger partial charge >= 0.3 is 0 Å². The summed E-state index contributed by atoms with van der Waals surface area (Å²) in [6.07, 6.45) is 5.58. The molecule has 0 aliphatic heterocycles. The predicted molar refractivity (Wildman–Crippen MR) is 97.0 cm³/mol. The molecular weight excluding hydrogens is 304 g/mol. The number of amides is 1. The number of aromatic nitrogens is 1. The maximum absolute atomic E-state index is 12.2. The Morgan fingerprint density at radius 2 is 1.87 bits per heavy atom. The molecular formula is C19H26N2OS. The van der Waals surface area contributed by atoms with E-state index in [2.05, 4.69) is 36.2 Å². The molecule has 1 amide bonds. The minimum Gasteiger partial charge on any atom is -0.292 e. The number of unbranched alkanes of at least 4 members (excludes halogenated alkanes) is 1. The van der Waals surface area contributed by atoms with E-state index in [-0.39, 0.29) is 5.91 Å². The topological polar surface area (TPSA) is 34.4 Å². The lowest BCUT2D eigenvalue weighted by atomic mass is 9.96. The van der Waals surface area contributed by atoms with Crippen molar-refractivity contribution in [3.63, 3.8) is 0 Å². The Balaban J connectivity index is 2.37. The van der Waals surface area contributed by atoms with Crippen LogP contribution < -0.4 is 4.80 Å². The normalized spacial score (nSPS) is 12.7. The third kappa shape index (κ3) is 4.64. The molecule has 3 nitrogen and oxygen atoms in total. The van der Waals surface area contributed by atoms with E-state index >= 15 is 0 Å². The van der Waals surface area contributed by atoms with Crippen LogP contribution in [0.3, 0.4) is 0 Å². The highest BCUT2D eigenvalue weighted by atomic mass is 32.1. The minimum atomic E-state index is -0.459. The zero-order valence-electron chi connectivity index (χ0n) is 14.7. The van der Waals surface area contributed by atoms with Gasteiger partial charge in [-0.3, -0.25) is 9.36 Å². The van der Waals surface area contributed by atoms with Crippen molar-refractivity contribution < 1.29 is 4.79 Å². The molecule has 4 heteroatoms. The van der Waals surface area contributed by atoms with Crippen LogP contribution >= 0.6 is 11.3 Å². The number of rotatable bonds is 4. The van der Waals surface area contributed by atoms with Gasteiger partial charge in [-0.1, -0.05) is 46.2 Å². The SMILES string of the molecule is CCCCc1ccc(-n2cc(C)s/c2=N\C(=O)C(C)(C)C)cc1. The molecule has 0 spiro atoms. The van der Waals surface area contributed by atoms with Gasteiger partial charge in [0.2, 0.25) is 0 Å². The molecule has 0 bridgehead atoms. The van der Waals surface area contributed by atoms with Crippen LogP contribution in [0.4, 0.5) is 0 Å². The van der Waals surface area contributed by atoms with Gasteiger partial charge in [-0.2, -0.15) is 4.99 Å². The van der Waals surface area contributed by atoms with E-state index in [4.69, 9.17) is 0 Å². The van der Waals surface area contributed by atoms with E-state index in [1.807, 2.05) is 38.5 Å². The van der Waals surface area contributed by atoms with Gasteiger partial charge in [-0.15, -0.1) is 11.3 Å². The summed E-state index contributed by atoms with van der Waals surface area (Å²) in [6.45, 7) is 9.93. The summed E-state index contributed by atoms with van der Waals surface area (Å²) in [5.41, 5.74) is 1.95. The summed E-state index contributed by atoms with van der Waals surface area (Å²) in [7, 11) is 0. The molecule has 0 unspecified atom stereocenters. The molecule has 1 heterocycles. The molecule has 2 rings (SSSR count). The highest BCUT2D eigenvalue weighted by Gasteiger charge is 2.20. The van der Waals surface area contributed by atoms with Gasteiger partial charge in [0.15, 0.2) is 4.80 Å². The Morgan fingerprint density at radius 1 is 1.22 bits per heavy atom. The first-order valence-corrected chi connectivity index (χ1v) is 9.00. The number of aryl methyl sites for hydroxylation is 2. The molecule has 0 aliphatic rings. The smallest absolute Gasteiger partial charge is 0.253 e. The molecule has 1 aromatic heterocycles. The van der Waals surface area contributed by atoms with E-state index in [1.165, 1.54) is 18.4 Å².